The second kappa shape index (κ2) is 9.56. The Morgan fingerprint density at radius 2 is 1.90 bits per heavy atom. The highest BCUT2D eigenvalue weighted by atomic mass is 19.1. The molecule has 8 heteroatoms. The van der Waals surface area contributed by atoms with E-state index in [0.29, 0.717) is 31.0 Å². The Bertz CT molecular complexity index is 935. The third-order valence-corrected chi connectivity index (χ3v) is 5.16. The summed E-state index contributed by atoms with van der Waals surface area (Å²) in [5.41, 5.74) is 1.05. The van der Waals surface area contributed by atoms with Gasteiger partial charge in [0.1, 0.15) is 11.6 Å². The predicted molar refractivity (Wildman–Crippen MR) is 106 cm³/mol. The number of carbonyl (C=O) groups excluding carboxylic acids is 2. The number of likely N-dealkylation sites (tertiary alicyclic amines) is 1. The number of nitrogens with zero attached hydrogens (tertiary/aromatic N) is 1. The van der Waals surface area contributed by atoms with Crippen molar-refractivity contribution in [3.05, 3.63) is 59.2 Å². The first-order valence-corrected chi connectivity index (χ1v) is 9.61. The minimum absolute atomic E-state index is 0.0676. The zero-order valence-corrected chi connectivity index (χ0v) is 16.9. The minimum atomic E-state index is -0.587. The van der Waals surface area contributed by atoms with Crippen LogP contribution in [0.15, 0.2) is 36.4 Å². The second-order valence-electron chi connectivity index (χ2n) is 7.13. The van der Waals surface area contributed by atoms with Crippen molar-refractivity contribution in [1.82, 2.24) is 10.2 Å². The van der Waals surface area contributed by atoms with Crippen LogP contribution in [0.4, 0.5) is 8.78 Å². The molecule has 1 heterocycles. The Balaban J connectivity index is 1.53. The van der Waals surface area contributed by atoms with Crippen LogP contribution >= 0.6 is 0 Å². The van der Waals surface area contributed by atoms with Crippen molar-refractivity contribution in [2.75, 3.05) is 27.3 Å². The molecule has 0 bridgehead atoms. The smallest absolute Gasteiger partial charge is 0.225 e. The van der Waals surface area contributed by atoms with E-state index in [0.717, 1.165) is 23.8 Å². The monoisotopic (exact) mass is 418 g/mol. The van der Waals surface area contributed by atoms with Crippen LogP contribution in [0.25, 0.3) is 0 Å². The van der Waals surface area contributed by atoms with Crippen molar-refractivity contribution in [2.45, 2.75) is 19.4 Å². The van der Waals surface area contributed by atoms with Gasteiger partial charge in [-0.25, -0.2) is 8.78 Å². The largest absolute Gasteiger partial charge is 0.493 e. The molecular formula is C22H24F2N2O4. The Morgan fingerprint density at radius 3 is 2.63 bits per heavy atom. The zero-order valence-electron chi connectivity index (χ0n) is 16.9. The third kappa shape index (κ3) is 5.06. The zero-order chi connectivity index (χ0) is 21.7. The summed E-state index contributed by atoms with van der Waals surface area (Å²) in [5.74, 6) is -0.879. The Hall–Kier alpha value is -3.16. The van der Waals surface area contributed by atoms with Crippen LogP contribution < -0.4 is 14.8 Å². The molecule has 2 amide bonds. The molecule has 0 aliphatic carbocycles. The first kappa shape index (κ1) is 21.5. The number of nitrogens with one attached hydrogen (secondary N) is 1. The molecule has 1 aliphatic rings. The maximum absolute atomic E-state index is 13.7. The highest BCUT2D eigenvalue weighted by Gasteiger charge is 2.33. The number of benzene rings is 2. The van der Waals surface area contributed by atoms with Gasteiger partial charge in [0, 0.05) is 31.6 Å². The minimum Gasteiger partial charge on any atom is -0.493 e. The molecule has 1 aliphatic heterocycles. The SMILES string of the molecule is COc1ccc(CCN2CC(C(=O)NCc3cc(F)ccc3F)CC2=O)cc1OC. The van der Waals surface area contributed by atoms with Gasteiger partial charge in [0.05, 0.1) is 20.1 Å². The van der Waals surface area contributed by atoms with E-state index in [4.69, 9.17) is 9.47 Å². The van der Waals surface area contributed by atoms with Crippen molar-refractivity contribution in [3.8, 4) is 11.5 Å². The van der Waals surface area contributed by atoms with Gasteiger partial charge in [-0.3, -0.25) is 9.59 Å². The molecule has 0 spiro atoms. The third-order valence-electron chi connectivity index (χ3n) is 5.16. The van der Waals surface area contributed by atoms with E-state index in [-0.39, 0.29) is 30.3 Å². The molecule has 2 aromatic carbocycles. The summed E-state index contributed by atoms with van der Waals surface area (Å²) in [4.78, 5) is 26.3. The number of ether oxygens (including phenoxy) is 2. The number of halogens is 2. The van der Waals surface area contributed by atoms with Gasteiger partial charge in [-0.1, -0.05) is 6.07 Å². The molecule has 3 rings (SSSR count). The molecule has 0 radical (unpaired) electrons. The lowest BCUT2D eigenvalue weighted by Gasteiger charge is -2.17. The van der Waals surface area contributed by atoms with Crippen molar-refractivity contribution >= 4 is 11.8 Å². The van der Waals surface area contributed by atoms with Crippen LogP contribution in [-0.4, -0.2) is 44.0 Å². The van der Waals surface area contributed by atoms with Crippen molar-refractivity contribution < 1.29 is 27.8 Å². The highest BCUT2D eigenvalue weighted by Crippen LogP contribution is 2.28. The molecule has 1 unspecified atom stereocenters. The fourth-order valence-corrected chi connectivity index (χ4v) is 3.47. The van der Waals surface area contributed by atoms with E-state index in [9.17, 15) is 18.4 Å². The normalized spacial score (nSPS) is 15.9. The lowest BCUT2D eigenvalue weighted by molar-refractivity contribution is -0.129. The van der Waals surface area contributed by atoms with Crippen LogP contribution in [-0.2, 0) is 22.6 Å². The van der Waals surface area contributed by atoms with Gasteiger partial charge in [-0.15, -0.1) is 0 Å². The molecular weight excluding hydrogens is 394 g/mol. The van der Waals surface area contributed by atoms with Gasteiger partial charge in [-0.2, -0.15) is 0 Å². The number of hydrogen-bond donors (Lipinski definition) is 1. The Morgan fingerprint density at radius 1 is 1.13 bits per heavy atom. The van der Waals surface area contributed by atoms with Crippen LogP contribution in [0.2, 0.25) is 0 Å². The van der Waals surface area contributed by atoms with E-state index in [1.807, 2.05) is 18.2 Å². The Kier molecular flexibility index (Phi) is 6.87. The summed E-state index contributed by atoms with van der Waals surface area (Å²) in [5, 5.41) is 2.60. The topological polar surface area (TPSA) is 67.9 Å². The second-order valence-corrected chi connectivity index (χ2v) is 7.13. The maximum atomic E-state index is 13.7. The lowest BCUT2D eigenvalue weighted by atomic mass is 10.1. The fraction of sp³-hybridized carbons (Fsp3) is 0.364. The summed E-state index contributed by atoms with van der Waals surface area (Å²) >= 11 is 0. The van der Waals surface area contributed by atoms with Gasteiger partial charge in [0.2, 0.25) is 11.8 Å². The van der Waals surface area contributed by atoms with Crippen LogP contribution in [0, 0.1) is 17.6 Å². The summed E-state index contributed by atoms with van der Waals surface area (Å²) in [6, 6.07) is 8.65. The standard InChI is InChI=1S/C22H24F2N2O4/c1-29-19-6-3-14(9-20(19)30-2)7-8-26-13-16(11-21(26)27)22(28)25-12-15-10-17(23)4-5-18(15)24/h3-6,9-10,16H,7-8,11-13H2,1-2H3,(H,25,28). The maximum Gasteiger partial charge on any atom is 0.225 e. The summed E-state index contributed by atoms with van der Waals surface area (Å²) in [6.45, 7) is 0.638. The number of carbonyl (C=O) groups is 2. The first-order valence-electron chi connectivity index (χ1n) is 9.61. The molecule has 2 aromatic rings. The fourth-order valence-electron chi connectivity index (χ4n) is 3.47. The van der Waals surface area contributed by atoms with Crippen LogP contribution in [0.5, 0.6) is 11.5 Å². The van der Waals surface area contributed by atoms with E-state index in [1.165, 1.54) is 0 Å². The van der Waals surface area contributed by atoms with Crippen LogP contribution in [0.3, 0.4) is 0 Å². The molecule has 0 saturated carbocycles. The average molecular weight is 418 g/mol. The molecule has 160 valence electrons. The number of amides is 2. The van der Waals surface area contributed by atoms with E-state index in [1.54, 1.807) is 19.1 Å². The number of rotatable bonds is 8. The van der Waals surface area contributed by atoms with Gasteiger partial charge in [-0.05, 0) is 42.3 Å². The number of hydrogen-bond acceptors (Lipinski definition) is 4. The first-order chi connectivity index (χ1) is 14.4. The summed E-state index contributed by atoms with van der Waals surface area (Å²) in [6.07, 6.45) is 0.707. The van der Waals surface area contributed by atoms with Gasteiger partial charge < -0.3 is 19.7 Å². The summed E-state index contributed by atoms with van der Waals surface area (Å²) < 4.78 is 37.4. The highest BCUT2D eigenvalue weighted by molar-refractivity contribution is 5.89. The molecule has 30 heavy (non-hydrogen) atoms. The van der Waals surface area contributed by atoms with Gasteiger partial charge in [0.15, 0.2) is 11.5 Å². The van der Waals surface area contributed by atoms with Gasteiger partial charge in [0.25, 0.3) is 0 Å². The van der Waals surface area contributed by atoms with Crippen molar-refractivity contribution in [3.63, 3.8) is 0 Å². The quantitative estimate of drug-likeness (QED) is 0.716. The molecule has 6 nitrogen and oxygen atoms in total. The molecule has 1 N–H and O–H groups in total. The average Bonchev–Trinajstić information content (AvgIpc) is 3.13. The van der Waals surface area contributed by atoms with E-state index < -0.39 is 17.6 Å². The number of methoxy groups -OCH3 is 2. The molecule has 1 saturated heterocycles. The van der Waals surface area contributed by atoms with Crippen molar-refractivity contribution in [2.24, 2.45) is 5.92 Å². The van der Waals surface area contributed by atoms with E-state index in [2.05, 4.69) is 5.32 Å². The predicted octanol–water partition coefficient (Wildman–Crippen LogP) is 2.69. The lowest BCUT2D eigenvalue weighted by Crippen LogP contribution is -2.33. The molecule has 0 aromatic heterocycles. The van der Waals surface area contributed by atoms with E-state index >= 15 is 0 Å². The summed E-state index contributed by atoms with van der Waals surface area (Å²) in [7, 11) is 3.12. The Labute approximate surface area is 173 Å². The van der Waals surface area contributed by atoms with Crippen LogP contribution in [0.1, 0.15) is 17.5 Å². The molecule has 1 fully saturated rings. The van der Waals surface area contributed by atoms with Crippen molar-refractivity contribution in [1.29, 1.82) is 0 Å². The molecule has 1 atom stereocenters. The van der Waals surface area contributed by atoms with Gasteiger partial charge >= 0.3 is 0 Å².